The van der Waals surface area contributed by atoms with Crippen LogP contribution in [0, 0.1) is 0 Å². The minimum absolute atomic E-state index is 0.596. The van der Waals surface area contributed by atoms with Gasteiger partial charge in [0, 0.05) is 24.7 Å². The van der Waals surface area contributed by atoms with Crippen LogP contribution < -0.4 is 15.5 Å². The molecule has 1 heterocycles. The molecule has 0 spiro atoms. The molecule has 0 atom stereocenters. The molecule has 0 aromatic heterocycles. The summed E-state index contributed by atoms with van der Waals surface area (Å²) in [5, 5.41) is 7.70. The molecular formula is C16H22ClN3S. The molecule has 2 rings (SSSR count). The number of piperidine rings is 1. The number of anilines is 2. The van der Waals surface area contributed by atoms with E-state index in [0.717, 1.165) is 24.4 Å². The van der Waals surface area contributed by atoms with Crippen molar-refractivity contribution in [2.75, 3.05) is 29.9 Å². The summed E-state index contributed by atoms with van der Waals surface area (Å²) >= 11 is 11.5. The highest BCUT2D eigenvalue weighted by atomic mass is 35.5. The van der Waals surface area contributed by atoms with Crippen LogP contribution in [-0.2, 0) is 0 Å². The van der Waals surface area contributed by atoms with Crippen LogP contribution in [-0.4, -0.2) is 24.7 Å². The van der Waals surface area contributed by atoms with Crippen LogP contribution in [0.5, 0.6) is 0 Å². The first kappa shape index (κ1) is 16.1. The first-order chi connectivity index (χ1) is 10.1. The molecule has 0 radical (unpaired) electrons. The van der Waals surface area contributed by atoms with E-state index in [-0.39, 0.29) is 0 Å². The molecule has 3 nitrogen and oxygen atoms in total. The number of rotatable bonds is 4. The fraction of sp³-hybridized carbons (Fsp3) is 0.438. The molecular weight excluding hydrogens is 302 g/mol. The van der Waals surface area contributed by atoms with E-state index in [9.17, 15) is 0 Å². The Morgan fingerprint density at radius 2 is 2.05 bits per heavy atom. The summed E-state index contributed by atoms with van der Waals surface area (Å²) in [6.07, 6.45) is 3.78. The molecule has 0 saturated carbocycles. The molecule has 2 N–H and O–H groups in total. The van der Waals surface area contributed by atoms with E-state index in [1.165, 1.54) is 24.9 Å². The Labute approximate surface area is 137 Å². The molecule has 0 unspecified atom stereocenters. The molecule has 1 aliphatic heterocycles. The van der Waals surface area contributed by atoms with E-state index in [2.05, 4.69) is 28.2 Å². The highest BCUT2D eigenvalue weighted by Crippen LogP contribution is 2.31. The van der Waals surface area contributed by atoms with Gasteiger partial charge in [0.1, 0.15) is 0 Å². The van der Waals surface area contributed by atoms with Crippen LogP contribution in [0.4, 0.5) is 11.4 Å². The molecule has 0 bridgehead atoms. The predicted molar refractivity (Wildman–Crippen MR) is 96.6 cm³/mol. The predicted octanol–water partition coefficient (Wildman–Crippen LogP) is 4.19. The third-order valence-corrected chi connectivity index (χ3v) is 3.94. The van der Waals surface area contributed by atoms with Gasteiger partial charge in [-0.3, -0.25) is 0 Å². The lowest BCUT2D eigenvalue weighted by Crippen LogP contribution is -2.33. The number of benzene rings is 1. The van der Waals surface area contributed by atoms with E-state index in [1.807, 2.05) is 19.1 Å². The van der Waals surface area contributed by atoms with Crippen molar-refractivity contribution in [3.8, 4) is 0 Å². The number of halogens is 1. The van der Waals surface area contributed by atoms with Crippen LogP contribution in [0.1, 0.15) is 26.2 Å². The van der Waals surface area contributed by atoms with Crippen molar-refractivity contribution in [3.05, 3.63) is 35.4 Å². The van der Waals surface area contributed by atoms with Gasteiger partial charge in [-0.25, -0.2) is 0 Å². The maximum atomic E-state index is 6.13. The molecule has 0 aliphatic carbocycles. The summed E-state index contributed by atoms with van der Waals surface area (Å²) in [5.41, 5.74) is 3.17. The molecule has 0 amide bonds. The van der Waals surface area contributed by atoms with Gasteiger partial charge in [0.2, 0.25) is 0 Å². The van der Waals surface area contributed by atoms with Crippen LogP contribution in [0.3, 0.4) is 0 Å². The van der Waals surface area contributed by atoms with Gasteiger partial charge in [0.15, 0.2) is 5.11 Å². The molecule has 1 aromatic carbocycles. The molecule has 21 heavy (non-hydrogen) atoms. The number of thiocarbonyl (C=S) groups is 1. The van der Waals surface area contributed by atoms with Crippen molar-refractivity contribution in [2.45, 2.75) is 26.2 Å². The standard InChI is InChI=1S/C16H22ClN3S/c1-12(2)11-18-16(21)19-14-10-13(17)6-7-15(14)20-8-4-3-5-9-20/h6-7,10H,1,3-5,8-9,11H2,2H3,(H2,18,19,21). The second-order valence-corrected chi connectivity index (χ2v) is 6.32. The van der Waals surface area contributed by atoms with E-state index in [1.54, 1.807) is 0 Å². The zero-order valence-electron chi connectivity index (χ0n) is 12.4. The second-order valence-electron chi connectivity index (χ2n) is 5.47. The number of nitrogens with zero attached hydrogens (tertiary/aromatic N) is 1. The number of hydrogen-bond donors (Lipinski definition) is 2. The molecule has 1 saturated heterocycles. The van der Waals surface area contributed by atoms with Gasteiger partial charge < -0.3 is 15.5 Å². The van der Waals surface area contributed by atoms with Crippen LogP contribution >= 0.6 is 23.8 Å². The highest BCUT2D eigenvalue weighted by molar-refractivity contribution is 7.80. The first-order valence-electron chi connectivity index (χ1n) is 7.30. The first-order valence-corrected chi connectivity index (χ1v) is 8.08. The number of nitrogens with one attached hydrogen (secondary N) is 2. The third-order valence-electron chi connectivity index (χ3n) is 3.45. The van der Waals surface area contributed by atoms with Crippen LogP contribution in [0.15, 0.2) is 30.4 Å². The Morgan fingerprint density at radius 1 is 1.33 bits per heavy atom. The zero-order chi connectivity index (χ0) is 15.2. The molecule has 1 aromatic rings. The molecule has 5 heteroatoms. The summed E-state index contributed by atoms with van der Waals surface area (Å²) in [7, 11) is 0. The summed E-state index contributed by atoms with van der Waals surface area (Å²) in [6, 6.07) is 5.93. The Balaban J connectivity index is 2.11. The molecule has 1 aliphatic rings. The van der Waals surface area contributed by atoms with Crippen LogP contribution in [0.25, 0.3) is 0 Å². The maximum Gasteiger partial charge on any atom is 0.171 e. The Bertz CT molecular complexity index is 524. The van der Waals surface area contributed by atoms with Gasteiger partial charge in [-0.05, 0) is 56.6 Å². The van der Waals surface area contributed by atoms with Gasteiger partial charge in [-0.2, -0.15) is 0 Å². The quantitative estimate of drug-likeness (QED) is 0.641. The maximum absolute atomic E-state index is 6.13. The van der Waals surface area contributed by atoms with Crippen molar-refractivity contribution in [1.29, 1.82) is 0 Å². The van der Waals surface area contributed by atoms with Crippen molar-refractivity contribution < 1.29 is 0 Å². The average molecular weight is 324 g/mol. The Kier molecular flexibility index (Phi) is 5.88. The third kappa shape index (κ3) is 4.90. The average Bonchev–Trinajstić information content (AvgIpc) is 2.46. The topological polar surface area (TPSA) is 27.3 Å². The van der Waals surface area contributed by atoms with Crippen molar-refractivity contribution in [1.82, 2.24) is 5.32 Å². The summed E-state index contributed by atoms with van der Waals surface area (Å²) < 4.78 is 0. The fourth-order valence-corrected chi connectivity index (χ4v) is 2.77. The fourth-order valence-electron chi connectivity index (χ4n) is 2.42. The summed E-state index contributed by atoms with van der Waals surface area (Å²) in [4.78, 5) is 2.39. The molecule has 1 fully saturated rings. The van der Waals surface area contributed by atoms with Gasteiger partial charge in [-0.15, -0.1) is 0 Å². The van der Waals surface area contributed by atoms with Crippen molar-refractivity contribution >= 4 is 40.3 Å². The van der Waals surface area contributed by atoms with E-state index >= 15 is 0 Å². The highest BCUT2D eigenvalue weighted by Gasteiger charge is 2.15. The Hall–Kier alpha value is -1.26. The van der Waals surface area contributed by atoms with Crippen molar-refractivity contribution in [3.63, 3.8) is 0 Å². The number of hydrogen-bond acceptors (Lipinski definition) is 2. The lowest BCUT2D eigenvalue weighted by atomic mass is 10.1. The summed E-state index contributed by atoms with van der Waals surface area (Å²) in [5.74, 6) is 0. The van der Waals surface area contributed by atoms with Crippen molar-refractivity contribution in [2.24, 2.45) is 0 Å². The SMILES string of the molecule is C=C(C)CNC(=S)Nc1cc(Cl)ccc1N1CCCCC1. The second kappa shape index (κ2) is 7.66. The van der Waals surface area contributed by atoms with E-state index in [0.29, 0.717) is 16.7 Å². The smallest absolute Gasteiger partial charge is 0.171 e. The Morgan fingerprint density at radius 3 is 2.71 bits per heavy atom. The van der Waals surface area contributed by atoms with Gasteiger partial charge >= 0.3 is 0 Å². The largest absolute Gasteiger partial charge is 0.370 e. The zero-order valence-corrected chi connectivity index (χ0v) is 14.0. The summed E-state index contributed by atoms with van der Waals surface area (Å²) in [6.45, 7) is 8.67. The minimum atomic E-state index is 0.596. The normalized spacial score (nSPS) is 14.7. The van der Waals surface area contributed by atoms with Gasteiger partial charge in [-0.1, -0.05) is 23.8 Å². The monoisotopic (exact) mass is 323 g/mol. The lowest BCUT2D eigenvalue weighted by molar-refractivity contribution is 0.578. The lowest BCUT2D eigenvalue weighted by Gasteiger charge is -2.31. The minimum Gasteiger partial charge on any atom is -0.370 e. The van der Waals surface area contributed by atoms with E-state index in [4.69, 9.17) is 23.8 Å². The molecule has 114 valence electrons. The van der Waals surface area contributed by atoms with E-state index < -0.39 is 0 Å². The van der Waals surface area contributed by atoms with Gasteiger partial charge in [0.05, 0.1) is 11.4 Å². The van der Waals surface area contributed by atoms with Gasteiger partial charge in [0.25, 0.3) is 0 Å². The van der Waals surface area contributed by atoms with Crippen LogP contribution in [0.2, 0.25) is 5.02 Å².